The fourth-order valence-electron chi connectivity index (χ4n) is 5.49. The Labute approximate surface area is 283 Å². The van der Waals surface area contributed by atoms with Crippen molar-refractivity contribution in [2.45, 2.75) is 26.8 Å². The van der Waals surface area contributed by atoms with Crippen LogP contribution in [0.3, 0.4) is 0 Å². The van der Waals surface area contributed by atoms with Crippen molar-refractivity contribution < 1.29 is 18.8 Å². The molecule has 5 rings (SSSR count). The Bertz CT molecular complexity index is 1940. The van der Waals surface area contributed by atoms with E-state index in [4.69, 9.17) is 0 Å². The van der Waals surface area contributed by atoms with Crippen molar-refractivity contribution in [3.8, 4) is 5.69 Å². The third kappa shape index (κ3) is 7.37. The molecule has 7 nitrogen and oxygen atoms in total. The van der Waals surface area contributed by atoms with Gasteiger partial charge in [-0.1, -0.05) is 109 Å². The highest BCUT2D eigenvalue weighted by molar-refractivity contribution is 8.14. The van der Waals surface area contributed by atoms with E-state index >= 15 is 0 Å². The molecule has 9 heteroatoms. The van der Waals surface area contributed by atoms with Gasteiger partial charge in [0, 0.05) is 17.1 Å². The lowest BCUT2D eigenvalue weighted by molar-refractivity contribution is -0.126. The van der Waals surface area contributed by atoms with Crippen LogP contribution >= 0.6 is 11.8 Å². The van der Waals surface area contributed by atoms with Crippen LogP contribution in [0.15, 0.2) is 138 Å². The number of nitrogens with one attached hydrogen (secondary N) is 1. The van der Waals surface area contributed by atoms with Gasteiger partial charge in [-0.2, -0.15) is 4.99 Å². The van der Waals surface area contributed by atoms with Crippen LogP contribution in [0.5, 0.6) is 0 Å². The highest BCUT2D eigenvalue weighted by atomic mass is 32.2. The van der Waals surface area contributed by atoms with Crippen LogP contribution < -0.4 is 5.32 Å². The summed E-state index contributed by atoms with van der Waals surface area (Å²) < 4.78 is 16.4. The van der Waals surface area contributed by atoms with Crippen molar-refractivity contribution in [1.82, 2.24) is 14.8 Å². The van der Waals surface area contributed by atoms with Crippen LogP contribution in [-0.4, -0.2) is 38.1 Å². The van der Waals surface area contributed by atoms with Gasteiger partial charge in [-0.15, -0.1) is 0 Å². The van der Waals surface area contributed by atoms with Crippen molar-refractivity contribution in [3.63, 3.8) is 0 Å². The number of rotatable bonds is 10. The zero-order chi connectivity index (χ0) is 34.2. The van der Waals surface area contributed by atoms with Crippen LogP contribution in [0.25, 0.3) is 11.8 Å². The highest BCUT2D eigenvalue weighted by Crippen LogP contribution is 2.29. The molecule has 1 aliphatic heterocycles. The molecule has 0 saturated heterocycles. The number of para-hydroxylation sites is 1. The zero-order valence-corrected chi connectivity index (χ0v) is 27.7. The Morgan fingerprint density at radius 3 is 2.21 bits per heavy atom. The first-order valence-corrected chi connectivity index (χ1v) is 16.3. The number of carbonyl (C=O) groups is 3. The Hall–Kier alpha value is -5.54. The molecule has 0 fully saturated rings. The Morgan fingerprint density at radius 1 is 0.979 bits per heavy atom. The van der Waals surface area contributed by atoms with E-state index in [-0.39, 0.29) is 22.4 Å². The van der Waals surface area contributed by atoms with E-state index in [0.717, 1.165) is 28.6 Å². The van der Waals surface area contributed by atoms with Crippen molar-refractivity contribution in [3.05, 3.63) is 167 Å². The summed E-state index contributed by atoms with van der Waals surface area (Å²) in [4.78, 5) is 46.6. The van der Waals surface area contributed by atoms with Gasteiger partial charge in [0.1, 0.15) is 11.4 Å². The largest absolute Gasteiger partial charge is 0.344 e. The maximum atomic E-state index is 14.7. The predicted molar refractivity (Wildman–Crippen MR) is 191 cm³/mol. The van der Waals surface area contributed by atoms with Crippen LogP contribution in [0.1, 0.15) is 41.0 Å². The smallest absolute Gasteiger partial charge is 0.285 e. The molecule has 48 heavy (non-hydrogen) atoms. The minimum Gasteiger partial charge on any atom is -0.344 e. The summed E-state index contributed by atoms with van der Waals surface area (Å²) in [7, 11) is 0. The summed E-state index contributed by atoms with van der Waals surface area (Å²) in [5.41, 5.74) is 4.46. The molecule has 0 radical (unpaired) electrons. The second kappa shape index (κ2) is 15.4. The van der Waals surface area contributed by atoms with Gasteiger partial charge in [0.15, 0.2) is 5.17 Å². The van der Waals surface area contributed by atoms with Gasteiger partial charge in [-0.05, 0) is 67.8 Å². The third-order valence-corrected chi connectivity index (χ3v) is 8.71. The fourth-order valence-corrected chi connectivity index (χ4v) is 6.29. The van der Waals surface area contributed by atoms with Gasteiger partial charge in [0.25, 0.3) is 11.8 Å². The number of thioether (sulfide) groups is 1. The normalized spacial score (nSPS) is 14.6. The highest BCUT2D eigenvalue weighted by Gasteiger charge is 2.35. The summed E-state index contributed by atoms with van der Waals surface area (Å²) in [5, 5.41) is 3.17. The molecule has 0 bridgehead atoms. The number of amides is 3. The summed E-state index contributed by atoms with van der Waals surface area (Å²) in [6, 6.07) is 27.1. The van der Waals surface area contributed by atoms with Gasteiger partial charge >= 0.3 is 0 Å². The van der Waals surface area contributed by atoms with Gasteiger partial charge in [0.2, 0.25) is 5.91 Å². The molecule has 0 atom stereocenters. The minimum atomic E-state index is -0.732. The number of amidine groups is 1. The number of halogens is 1. The molecule has 0 unspecified atom stereocenters. The van der Waals surface area contributed by atoms with E-state index in [2.05, 4.69) is 16.9 Å². The molecule has 0 aliphatic carbocycles. The second-order valence-electron chi connectivity index (χ2n) is 10.9. The fraction of sp³-hybridized carbons (Fsp3) is 0.128. The average molecular weight is 659 g/mol. The number of carbonyl (C=O) groups excluding carboxylic acids is 3. The maximum Gasteiger partial charge on any atom is 0.285 e. The number of allylic oxidation sites excluding steroid dienone is 4. The zero-order valence-electron chi connectivity index (χ0n) is 26.9. The number of aryl methyl sites for hydroxylation is 1. The van der Waals surface area contributed by atoms with Gasteiger partial charge < -0.3 is 9.88 Å². The first kappa shape index (κ1) is 33.8. The topological polar surface area (TPSA) is 83.8 Å². The van der Waals surface area contributed by atoms with Crippen molar-refractivity contribution in [2.75, 3.05) is 5.75 Å². The predicted octanol–water partition coefficient (Wildman–Crippen LogP) is 7.63. The molecule has 0 spiro atoms. The first-order valence-electron chi connectivity index (χ1n) is 15.3. The summed E-state index contributed by atoms with van der Waals surface area (Å²) in [6.45, 7) is 9.11. The van der Waals surface area contributed by atoms with E-state index < -0.39 is 23.7 Å². The molecular formula is C39H35FN4O3S. The summed E-state index contributed by atoms with van der Waals surface area (Å²) in [6.07, 6.45) is 8.13. The number of nitrogens with zero attached hydrogens (tertiary/aromatic N) is 3. The van der Waals surface area contributed by atoms with Gasteiger partial charge in [-0.3, -0.25) is 19.3 Å². The number of aliphatic imine (C=N–C) groups is 1. The molecule has 242 valence electrons. The molecule has 3 aromatic carbocycles. The number of aromatic nitrogens is 1. The molecular weight excluding hydrogens is 624 g/mol. The molecule has 1 aliphatic rings. The van der Waals surface area contributed by atoms with Crippen LogP contribution in [0, 0.1) is 19.7 Å². The van der Waals surface area contributed by atoms with Gasteiger partial charge in [0.05, 0.1) is 17.5 Å². The Balaban J connectivity index is 1.45. The standard InChI is InChI=1S/C39H35FN4O3S/c1-5-7-20-31(6-2)44-38(47)32(24-30-23-26(3)43(27(30)4)34-22-15-14-21-33(34)40)37(46)42-39(44)48-25-35(45)41-36(28-16-10-8-11-17-28)29-18-12-9-13-19-29/h5-24,36H,1,25H2,2-4H3,(H,41,45)/b20-7-,31-6+,32-24+. The SMILES string of the molecule is C=C/C=C\C(=C/C)N1C(=O)/C(=C/c2cc(C)n(-c3ccccc3F)c2C)C(=O)N=C1SCC(=O)NC(c1ccccc1)c1ccccc1. The van der Waals surface area contributed by atoms with Crippen molar-refractivity contribution >= 4 is 40.7 Å². The number of benzene rings is 3. The van der Waals surface area contributed by atoms with E-state index in [1.807, 2.05) is 67.6 Å². The first-order chi connectivity index (χ1) is 23.2. The van der Waals surface area contributed by atoms with E-state index in [0.29, 0.717) is 22.6 Å². The quantitative estimate of drug-likeness (QED) is 0.108. The van der Waals surface area contributed by atoms with Gasteiger partial charge in [-0.25, -0.2) is 4.39 Å². The lowest BCUT2D eigenvalue weighted by atomic mass is 9.99. The Morgan fingerprint density at radius 2 is 1.60 bits per heavy atom. The number of hydrogen-bond acceptors (Lipinski definition) is 4. The van der Waals surface area contributed by atoms with Crippen LogP contribution in [0.4, 0.5) is 4.39 Å². The molecule has 1 N–H and O–H groups in total. The lowest BCUT2D eigenvalue weighted by Crippen LogP contribution is -2.42. The third-order valence-electron chi connectivity index (χ3n) is 7.78. The Kier molecular flexibility index (Phi) is 10.8. The monoisotopic (exact) mass is 658 g/mol. The molecule has 2 heterocycles. The minimum absolute atomic E-state index is 0.0758. The van der Waals surface area contributed by atoms with Crippen molar-refractivity contribution in [1.29, 1.82) is 0 Å². The van der Waals surface area contributed by atoms with Crippen LogP contribution in [-0.2, 0) is 14.4 Å². The van der Waals surface area contributed by atoms with Crippen LogP contribution in [0.2, 0.25) is 0 Å². The molecule has 3 amide bonds. The lowest BCUT2D eigenvalue weighted by Gasteiger charge is -2.28. The van der Waals surface area contributed by atoms with Crippen molar-refractivity contribution in [2.24, 2.45) is 4.99 Å². The summed E-state index contributed by atoms with van der Waals surface area (Å²) in [5.74, 6) is -2.12. The van der Waals surface area contributed by atoms with E-state index in [1.165, 1.54) is 17.0 Å². The molecule has 4 aromatic rings. The average Bonchev–Trinajstić information content (AvgIpc) is 3.38. The molecule has 1 aromatic heterocycles. The maximum absolute atomic E-state index is 14.7. The van der Waals surface area contributed by atoms with E-state index in [9.17, 15) is 18.8 Å². The molecule has 0 saturated carbocycles. The van der Waals surface area contributed by atoms with E-state index in [1.54, 1.807) is 67.0 Å². The summed E-state index contributed by atoms with van der Waals surface area (Å²) >= 11 is 0.996. The second-order valence-corrected chi connectivity index (χ2v) is 11.9. The number of hydrogen-bond donors (Lipinski definition) is 1.